The molecule has 3 heterocycles. The maximum atomic E-state index is 12.9. The Hall–Kier alpha value is -3.22. The molecule has 25 heavy (non-hydrogen) atoms. The highest BCUT2D eigenvalue weighted by atomic mass is 16.5. The summed E-state index contributed by atoms with van der Waals surface area (Å²) in [5.41, 5.74) is 3.80. The van der Waals surface area contributed by atoms with Gasteiger partial charge < -0.3 is 9.64 Å². The lowest BCUT2D eigenvalue weighted by Gasteiger charge is -2.12. The topological polar surface area (TPSA) is 76.8 Å². The largest absolute Gasteiger partial charge is 0.425 e. The second-order valence-electron chi connectivity index (χ2n) is 6.04. The highest BCUT2D eigenvalue weighted by Crippen LogP contribution is 2.41. The first-order valence-corrected chi connectivity index (χ1v) is 7.86. The lowest BCUT2D eigenvalue weighted by atomic mass is 9.95. The van der Waals surface area contributed by atoms with Crippen LogP contribution in [0.4, 0.5) is 5.69 Å². The predicted octanol–water partition coefficient (Wildman–Crippen LogP) is 2.07. The number of fused-ring (bicyclic) bond motifs is 2. The number of aryl methyl sites for hydroxylation is 1. The van der Waals surface area contributed by atoms with Gasteiger partial charge in [0.15, 0.2) is 5.75 Å². The minimum absolute atomic E-state index is 0.0450. The molecule has 0 N–H and O–H groups in total. The number of carbonyl (C=O) groups excluding carboxylic acids is 2. The molecule has 1 aromatic carbocycles. The van der Waals surface area contributed by atoms with Crippen molar-refractivity contribution in [1.82, 2.24) is 14.6 Å². The van der Waals surface area contributed by atoms with Crippen molar-refractivity contribution in [2.75, 3.05) is 11.9 Å². The molecule has 0 bridgehead atoms. The zero-order valence-electron chi connectivity index (χ0n) is 14.1. The average molecular weight is 336 g/mol. The van der Waals surface area contributed by atoms with Crippen LogP contribution in [-0.2, 0) is 9.59 Å². The zero-order valence-corrected chi connectivity index (χ0v) is 14.1. The van der Waals surface area contributed by atoms with E-state index in [1.165, 1.54) is 13.3 Å². The molecule has 1 aliphatic heterocycles. The van der Waals surface area contributed by atoms with Crippen LogP contribution in [0.2, 0.25) is 0 Å². The molecule has 0 aliphatic carbocycles. The Balaban J connectivity index is 1.95. The molecular formula is C18H16N4O3. The van der Waals surface area contributed by atoms with Crippen molar-refractivity contribution in [2.45, 2.75) is 19.8 Å². The van der Waals surface area contributed by atoms with Gasteiger partial charge in [-0.3, -0.25) is 9.59 Å². The van der Waals surface area contributed by atoms with Crippen LogP contribution in [0.3, 0.4) is 0 Å². The lowest BCUT2D eigenvalue weighted by molar-refractivity contribution is -0.131. The van der Waals surface area contributed by atoms with Crippen LogP contribution >= 0.6 is 0 Å². The van der Waals surface area contributed by atoms with E-state index >= 15 is 0 Å². The SMILES string of the molecule is CC(=O)Oc1cn2ncnc(C3C(=O)N(C)c4ccccc43)c2c1C. The van der Waals surface area contributed by atoms with Gasteiger partial charge in [-0.15, -0.1) is 0 Å². The second kappa shape index (κ2) is 5.41. The maximum Gasteiger partial charge on any atom is 0.308 e. The Labute approximate surface area is 143 Å². The van der Waals surface area contributed by atoms with Crippen LogP contribution in [0.15, 0.2) is 36.8 Å². The molecule has 0 spiro atoms. The quantitative estimate of drug-likeness (QED) is 0.670. The van der Waals surface area contributed by atoms with Gasteiger partial charge in [-0.25, -0.2) is 9.50 Å². The van der Waals surface area contributed by atoms with Crippen LogP contribution in [0.5, 0.6) is 5.75 Å². The van der Waals surface area contributed by atoms with Crippen molar-refractivity contribution < 1.29 is 14.3 Å². The van der Waals surface area contributed by atoms with Crippen LogP contribution in [0, 0.1) is 6.92 Å². The first-order chi connectivity index (χ1) is 12.0. The number of nitrogens with zero attached hydrogens (tertiary/aromatic N) is 4. The summed E-state index contributed by atoms with van der Waals surface area (Å²) in [5.74, 6) is -0.543. The monoisotopic (exact) mass is 336 g/mol. The van der Waals surface area contributed by atoms with Gasteiger partial charge in [0.1, 0.15) is 12.2 Å². The Bertz CT molecular complexity index is 1020. The summed E-state index contributed by atoms with van der Waals surface area (Å²) in [5, 5.41) is 4.19. The van der Waals surface area contributed by atoms with Crippen molar-refractivity contribution in [2.24, 2.45) is 0 Å². The third kappa shape index (κ3) is 2.20. The fraction of sp³-hybridized carbons (Fsp3) is 0.222. The number of hydrogen-bond donors (Lipinski definition) is 0. The average Bonchev–Trinajstić information content (AvgIpc) is 3.03. The van der Waals surface area contributed by atoms with E-state index in [9.17, 15) is 9.59 Å². The predicted molar refractivity (Wildman–Crippen MR) is 90.7 cm³/mol. The summed E-state index contributed by atoms with van der Waals surface area (Å²) >= 11 is 0. The molecule has 0 radical (unpaired) electrons. The van der Waals surface area contributed by atoms with Gasteiger partial charge in [0, 0.05) is 25.2 Å². The van der Waals surface area contributed by atoms with Gasteiger partial charge in [-0.05, 0) is 18.6 Å². The number of likely N-dealkylation sites (N-methyl/N-ethyl adjacent to an activating group) is 1. The first kappa shape index (κ1) is 15.3. The molecule has 1 amide bonds. The van der Waals surface area contributed by atoms with Crippen LogP contribution in [0.25, 0.3) is 5.52 Å². The number of anilines is 1. The summed E-state index contributed by atoms with van der Waals surface area (Å²) in [6.45, 7) is 3.18. The van der Waals surface area contributed by atoms with Gasteiger partial charge in [-0.2, -0.15) is 5.10 Å². The van der Waals surface area contributed by atoms with E-state index in [2.05, 4.69) is 10.1 Å². The molecular weight excluding hydrogens is 320 g/mol. The van der Waals surface area contributed by atoms with Crippen LogP contribution < -0.4 is 9.64 Å². The second-order valence-corrected chi connectivity index (χ2v) is 6.04. The molecule has 1 atom stereocenters. The molecule has 7 nitrogen and oxygen atoms in total. The van der Waals surface area contributed by atoms with Crippen LogP contribution in [0.1, 0.15) is 29.7 Å². The van der Waals surface area contributed by atoms with E-state index in [4.69, 9.17) is 4.74 Å². The van der Waals surface area contributed by atoms with Gasteiger partial charge in [0.2, 0.25) is 5.91 Å². The van der Waals surface area contributed by atoms with E-state index in [0.29, 0.717) is 17.0 Å². The number of carbonyl (C=O) groups is 2. The van der Waals surface area contributed by atoms with E-state index in [1.54, 1.807) is 22.7 Å². The number of benzene rings is 1. The van der Waals surface area contributed by atoms with Crippen molar-refractivity contribution >= 4 is 23.1 Å². The van der Waals surface area contributed by atoms with E-state index in [0.717, 1.165) is 16.8 Å². The van der Waals surface area contributed by atoms with Crippen molar-refractivity contribution in [3.05, 3.63) is 53.6 Å². The summed E-state index contributed by atoms with van der Waals surface area (Å²) in [4.78, 5) is 30.2. The zero-order chi connectivity index (χ0) is 17.7. The number of ether oxygens (including phenoxy) is 1. The molecule has 2 aromatic heterocycles. The fourth-order valence-corrected chi connectivity index (χ4v) is 3.38. The molecule has 1 aliphatic rings. The van der Waals surface area contributed by atoms with Gasteiger partial charge >= 0.3 is 5.97 Å². The molecule has 0 saturated carbocycles. The standard InChI is InChI=1S/C18H16N4O3/c1-10-14(25-11(2)23)8-22-17(10)16(19-9-20-22)15-12-6-4-5-7-13(12)21(3)18(15)24/h4-9,15H,1-3H3. The summed E-state index contributed by atoms with van der Waals surface area (Å²) in [7, 11) is 1.76. The summed E-state index contributed by atoms with van der Waals surface area (Å²) in [6.07, 6.45) is 3.04. The number of rotatable bonds is 2. The van der Waals surface area contributed by atoms with Gasteiger partial charge in [-0.1, -0.05) is 18.2 Å². The first-order valence-electron chi connectivity index (χ1n) is 7.86. The third-order valence-electron chi connectivity index (χ3n) is 4.52. The van der Waals surface area contributed by atoms with E-state index < -0.39 is 11.9 Å². The minimum atomic E-state index is -0.509. The number of para-hydroxylation sites is 1. The van der Waals surface area contributed by atoms with Crippen molar-refractivity contribution in [3.8, 4) is 5.75 Å². The van der Waals surface area contributed by atoms with Crippen molar-refractivity contribution in [3.63, 3.8) is 0 Å². The minimum Gasteiger partial charge on any atom is -0.425 e. The summed E-state index contributed by atoms with van der Waals surface area (Å²) in [6, 6.07) is 7.67. The Morgan fingerprint density at radius 3 is 2.80 bits per heavy atom. The molecule has 126 valence electrons. The number of aromatic nitrogens is 3. The lowest BCUT2D eigenvalue weighted by Crippen LogP contribution is -2.25. The maximum absolute atomic E-state index is 12.9. The van der Waals surface area contributed by atoms with E-state index in [-0.39, 0.29) is 5.91 Å². The summed E-state index contributed by atoms with van der Waals surface area (Å²) < 4.78 is 6.84. The number of amides is 1. The number of esters is 1. The Morgan fingerprint density at radius 2 is 2.04 bits per heavy atom. The van der Waals surface area contributed by atoms with Gasteiger partial charge in [0.25, 0.3) is 0 Å². The number of hydrogen-bond acceptors (Lipinski definition) is 5. The Kier molecular flexibility index (Phi) is 3.31. The highest BCUT2D eigenvalue weighted by Gasteiger charge is 2.38. The normalized spacial score (nSPS) is 16.4. The Morgan fingerprint density at radius 1 is 1.28 bits per heavy atom. The molecule has 1 unspecified atom stereocenters. The molecule has 0 fully saturated rings. The molecule has 4 rings (SSSR count). The molecule has 0 saturated heterocycles. The van der Waals surface area contributed by atoms with Gasteiger partial charge in [0.05, 0.1) is 17.4 Å². The van der Waals surface area contributed by atoms with E-state index in [1.807, 2.05) is 31.2 Å². The highest BCUT2D eigenvalue weighted by molar-refractivity contribution is 6.07. The third-order valence-corrected chi connectivity index (χ3v) is 4.52. The smallest absolute Gasteiger partial charge is 0.308 e. The van der Waals surface area contributed by atoms with Crippen molar-refractivity contribution in [1.29, 1.82) is 0 Å². The molecule has 3 aromatic rings. The van der Waals surface area contributed by atoms with Crippen LogP contribution in [-0.4, -0.2) is 33.5 Å². The molecule has 7 heteroatoms. The fourth-order valence-electron chi connectivity index (χ4n) is 3.38.